The van der Waals surface area contributed by atoms with E-state index < -0.39 is 0 Å². The Balaban J connectivity index is 2.32. The van der Waals surface area contributed by atoms with Crippen molar-refractivity contribution < 1.29 is 9.13 Å². The van der Waals surface area contributed by atoms with E-state index in [1.54, 1.807) is 6.07 Å². The second-order valence-electron chi connectivity index (χ2n) is 6.37. The number of hydrogen-bond donors (Lipinski definition) is 2. The topological polar surface area (TPSA) is 63.9 Å². The van der Waals surface area contributed by atoms with E-state index in [0.717, 1.165) is 17.0 Å². The van der Waals surface area contributed by atoms with Crippen molar-refractivity contribution in [1.29, 1.82) is 0 Å². The van der Waals surface area contributed by atoms with Gasteiger partial charge in [-0.3, -0.25) is 5.10 Å². The number of aromatic amines is 1. The van der Waals surface area contributed by atoms with Crippen LogP contribution in [0.5, 0.6) is 5.75 Å². The van der Waals surface area contributed by atoms with Gasteiger partial charge in [0.25, 0.3) is 0 Å². The third kappa shape index (κ3) is 3.47. The molecule has 0 radical (unpaired) electrons. The zero-order chi connectivity index (χ0) is 16.3. The lowest BCUT2D eigenvalue weighted by molar-refractivity contribution is 0.321. The van der Waals surface area contributed by atoms with Gasteiger partial charge >= 0.3 is 0 Å². The molecule has 0 amide bonds. The molecule has 0 fully saturated rings. The number of halogens is 1. The van der Waals surface area contributed by atoms with E-state index in [1.165, 1.54) is 6.07 Å². The number of nitrogens with zero attached hydrogens (tertiary/aromatic N) is 1. The lowest BCUT2D eigenvalue weighted by Crippen LogP contribution is -2.15. The smallest absolute Gasteiger partial charge is 0.165 e. The van der Waals surface area contributed by atoms with Crippen molar-refractivity contribution in [2.24, 2.45) is 5.73 Å². The number of hydrogen-bond acceptors (Lipinski definition) is 3. The quantitative estimate of drug-likeness (QED) is 0.890. The van der Waals surface area contributed by atoms with Crippen LogP contribution in [-0.2, 0) is 5.41 Å². The molecule has 0 aliphatic rings. The molecular weight excluding hydrogens is 281 g/mol. The summed E-state index contributed by atoms with van der Waals surface area (Å²) in [6.45, 7) is 8.93. The molecule has 5 heteroatoms. The lowest BCUT2D eigenvalue weighted by atomic mass is 9.90. The predicted molar refractivity (Wildman–Crippen MR) is 85.8 cm³/mol. The molecule has 22 heavy (non-hydrogen) atoms. The minimum absolute atomic E-state index is 0.0437. The van der Waals surface area contributed by atoms with Crippen molar-refractivity contribution in [3.05, 3.63) is 47.0 Å². The van der Waals surface area contributed by atoms with Crippen molar-refractivity contribution in [3.63, 3.8) is 0 Å². The highest BCUT2D eigenvalue weighted by Crippen LogP contribution is 2.29. The van der Waals surface area contributed by atoms with Gasteiger partial charge < -0.3 is 10.5 Å². The molecule has 120 valence electrons. The van der Waals surface area contributed by atoms with E-state index in [1.807, 2.05) is 19.1 Å². The van der Waals surface area contributed by atoms with Gasteiger partial charge in [0.1, 0.15) is 0 Å². The summed E-state index contributed by atoms with van der Waals surface area (Å²) in [5.74, 6) is -0.218. The second-order valence-corrected chi connectivity index (χ2v) is 6.37. The molecule has 2 rings (SSSR count). The molecule has 0 bridgehead atoms. The first-order valence-corrected chi connectivity index (χ1v) is 7.55. The Labute approximate surface area is 130 Å². The summed E-state index contributed by atoms with van der Waals surface area (Å²) in [4.78, 5) is 0. The van der Waals surface area contributed by atoms with Crippen LogP contribution in [0.4, 0.5) is 4.39 Å². The molecule has 0 spiro atoms. The first-order chi connectivity index (χ1) is 10.4. The van der Waals surface area contributed by atoms with Crippen molar-refractivity contribution in [3.8, 4) is 5.75 Å². The van der Waals surface area contributed by atoms with Gasteiger partial charge in [0.15, 0.2) is 11.6 Å². The summed E-state index contributed by atoms with van der Waals surface area (Å²) >= 11 is 0. The number of nitrogens with one attached hydrogen (secondary N) is 1. The van der Waals surface area contributed by atoms with Crippen molar-refractivity contribution in [1.82, 2.24) is 10.2 Å². The molecule has 1 aromatic heterocycles. The Bertz CT molecular complexity index is 631. The Morgan fingerprint density at radius 3 is 2.55 bits per heavy atom. The standard InChI is InChI=1S/C17H24FN3O/c1-5-22-15-7-6-11(8-13(15)18)12(10-19)14-9-16(21-20-14)17(2,3)4/h6-9,12H,5,10,19H2,1-4H3,(H,20,21). The molecule has 0 saturated carbocycles. The average molecular weight is 305 g/mol. The van der Waals surface area contributed by atoms with E-state index >= 15 is 0 Å². The van der Waals surface area contributed by atoms with Crippen LogP contribution in [0.15, 0.2) is 24.3 Å². The zero-order valence-corrected chi connectivity index (χ0v) is 13.6. The maximum atomic E-state index is 14.1. The molecule has 4 nitrogen and oxygen atoms in total. The largest absolute Gasteiger partial charge is 0.491 e. The Morgan fingerprint density at radius 1 is 1.32 bits per heavy atom. The number of rotatable bonds is 5. The number of H-pyrrole nitrogens is 1. The fourth-order valence-corrected chi connectivity index (χ4v) is 2.35. The number of aromatic nitrogens is 2. The molecule has 1 unspecified atom stereocenters. The third-order valence-electron chi connectivity index (χ3n) is 3.64. The highest BCUT2D eigenvalue weighted by Gasteiger charge is 2.22. The van der Waals surface area contributed by atoms with Crippen LogP contribution in [0.1, 0.15) is 50.6 Å². The molecule has 0 aliphatic carbocycles. The summed E-state index contributed by atoms with van der Waals surface area (Å²) in [6.07, 6.45) is 0. The molecule has 0 saturated heterocycles. The lowest BCUT2D eigenvalue weighted by Gasteiger charge is -2.16. The summed E-state index contributed by atoms with van der Waals surface area (Å²) in [5, 5.41) is 7.39. The highest BCUT2D eigenvalue weighted by molar-refractivity contribution is 5.36. The predicted octanol–water partition coefficient (Wildman–Crippen LogP) is 3.34. The van der Waals surface area contributed by atoms with Gasteiger partial charge in [-0.1, -0.05) is 26.8 Å². The zero-order valence-electron chi connectivity index (χ0n) is 13.6. The van der Waals surface area contributed by atoms with E-state index in [0.29, 0.717) is 13.2 Å². The SMILES string of the molecule is CCOc1ccc(C(CN)c2cc(C(C)(C)C)n[nH]2)cc1F. The third-order valence-corrected chi connectivity index (χ3v) is 3.64. The van der Waals surface area contributed by atoms with E-state index in [9.17, 15) is 4.39 Å². The number of benzene rings is 1. The number of nitrogens with two attached hydrogens (primary N) is 1. The normalized spacial score (nSPS) is 13.2. The van der Waals surface area contributed by atoms with E-state index in [-0.39, 0.29) is 22.9 Å². The van der Waals surface area contributed by atoms with Gasteiger partial charge in [-0.05, 0) is 30.7 Å². The second kappa shape index (κ2) is 6.48. The molecule has 1 atom stereocenters. The van der Waals surface area contributed by atoms with Crippen LogP contribution in [0.2, 0.25) is 0 Å². The van der Waals surface area contributed by atoms with Gasteiger partial charge in [-0.2, -0.15) is 5.10 Å². The monoisotopic (exact) mass is 305 g/mol. The van der Waals surface area contributed by atoms with Crippen LogP contribution < -0.4 is 10.5 Å². The van der Waals surface area contributed by atoms with Crippen LogP contribution >= 0.6 is 0 Å². The van der Waals surface area contributed by atoms with Crippen LogP contribution in [0, 0.1) is 5.82 Å². The Hall–Kier alpha value is -1.88. The average Bonchev–Trinajstić information content (AvgIpc) is 2.92. The molecule has 2 aromatic rings. The molecule has 1 aromatic carbocycles. The molecule has 3 N–H and O–H groups in total. The van der Waals surface area contributed by atoms with Crippen molar-refractivity contribution >= 4 is 0 Å². The highest BCUT2D eigenvalue weighted by atomic mass is 19.1. The molecule has 0 aliphatic heterocycles. The first-order valence-electron chi connectivity index (χ1n) is 7.55. The first kappa shape index (κ1) is 16.5. The fraction of sp³-hybridized carbons (Fsp3) is 0.471. The maximum absolute atomic E-state index is 14.1. The summed E-state index contributed by atoms with van der Waals surface area (Å²) in [7, 11) is 0. The van der Waals surface area contributed by atoms with Crippen molar-refractivity contribution in [2.75, 3.05) is 13.2 Å². The van der Waals surface area contributed by atoms with Gasteiger partial charge in [-0.25, -0.2) is 4.39 Å². The van der Waals surface area contributed by atoms with Crippen LogP contribution in [-0.4, -0.2) is 23.3 Å². The number of ether oxygens (including phenoxy) is 1. The molecule has 1 heterocycles. The summed E-state index contributed by atoms with van der Waals surface area (Å²) in [6, 6.07) is 6.99. The fourth-order valence-electron chi connectivity index (χ4n) is 2.35. The van der Waals surface area contributed by atoms with E-state index in [2.05, 4.69) is 31.0 Å². The van der Waals surface area contributed by atoms with Crippen molar-refractivity contribution in [2.45, 2.75) is 39.0 Å². The van der Waals surface area contributed by atoms with Crippen LogP contribution in [0.3, 0.4) is 0 Å². The van der Waals surface area contributed by atoms with Crippen LogP contribution in [0.25, 0.3) is 0 Å². The Morgan fingerprint density at radius 2 is 2.05 bits per heavy atom. The minimum atomic E-state index is -0.367. The van der Waals surface area contributed by atoms with Gasteiger partial charge in [0, 0.05) is 23.6 Å². The van der Waals surface area contributed by atoms with Gasteiger partial charge in [-0.15, -0.1) is 0 Å². The van der Waals surface area contributed by atoms with E-state index in [4.69, 9.17) is 10.5 Å². The van der Waals surface area contributed by atoms with Gasteiger partial charge in [0.2, 0.25) is 0 Å². The minimum Gasteiger partial charge on any atom is -0.491 e. The summed E-state index contributed by atoms with van der Waals surface area (Å²) in [5.41, 5.74) is 8.53. The Kier molecular flexibility index (Phi) is 4.86. The molecular formula is C17H24FN3O. The van der Waals surface area contributed by atoms with Gasteiger partial charge in [0.05, 0.1) is 12.3 Å². The maximum Gasteiger partial charge on any atom is 0.165 e. The summed E-state index contributed by atoms with van der Waals surface area (Å²) < 4.78 is 19.3.